The SMILES string of the molecule is CCC(F)(F)c1ccc2nc(N3CCC4=NC(SCc5ccccc5F)N(C5=CC=CCC5)C(=O)C4C3)[nH]c2c1. The van der Waals surface area contributed by atoms with Crippen LogP contribution in [0.2, 0.25) is 0 Å². The van der Waals surface area contributed by atoms with Crippen LogP contribution in [0, 0.1) is 11.7 Å². The number of nitrogens with one attached hydrogen (secondary N) is 1. The number of nitrogens with zero attached hydrogens (tertiary/aromatic N) is 4. The molecule has 1 fully saturated rings. The van der Waals surface area contributed by atoms with Gasteiger partial charge in [0.15, 0.2) is 5.50 Å². The monoisotopic (exact) mass is 565 g/mol. The number of alkyl halides is 2. The van der Waals surface area contributed by atoms with Crippen LogP contribution in [0.3, 0.4) is 0 Å². The lowest BCUT2D eigenvalue weighted by Crippen LogP contribution is -2.54. The number of aromatic amines is 1. The summed E-state index contributed by atoms with van der Waals surface area (Å²) in [6, 6.07) is 11.2. The van der Waals surface area contributed by atoms with Crippen molar-refractivity contribution < 1.29 is 18.0 Å². The number of carbonyl (C=O) groups is 1. The summed E-state index contributed by atoms with van der Waals surface area (Å²) in [5.74, 6) is -2.68. The Hall–Kier alpha value is -3.53. The molecule has 1 saturated heterocycles. The Balaban J connectivity index is 1.26. The summed E-state index contributed by atoms with van der Waals surface area (Å²) in [6.45, 7) is 2.44. The van der Waals surface area contributed by atoms with E-state index in [1.54, 1.807) is 23.1 Å². The molecular weight excluding hydrogens is 535 g/mol. The van der Waals surface area contributed by atoms with Crippen LogP contribution in [0.1, 0.15) is 43.7 Å². The number of aromatic nitrogens is 2. The number of halogens is 3. The lowest BCUT2D eigenvalue weighted by Gasteiger charge is -2.42. The van der Waals surface area contributed by atoms with E-state index in [9.17, 15) is 18.0 Å². The molecule has 1 aliphatic carbocycles. The number of thioether (sulfide) groups is 1. The van der Waals surface area contributed by atoms with Crippen LogP contribution >= 0.6 is 11.8 Å². The minimum absolute atomic E-state index is 0.0248. The first-order valence-electron chi connectivity index (χ1n) is 13.6. The van der Waals surface area contributed by atoms with Gasteiger partial charge in [-0.25, -0.2) is 18.2 Å². The van der Waals surface area contributed by atoms with Gasteiger partial charge >= 0.3 is 0 Å². The Kier molecular flexibility index (Phi) is 7.20. The number of anilines is 1. The number of benzene rings is 2. The average Bonchev–Trinajstić information content (AvgIpc) is 3.41. The summed E-state index contributed by atoms with van der Waals surface area (Å²) < 4.78 is 42.9. The summed E-state index contributed by atoms with van der Waals surface area (Å²) in [6.07, 6.45) is 7.86. The van der Waals surface area contributed by atoms with Crippen LogP contribution in [0.15, 0.2) is 71.4 Å². The zero-order chi connectivity index (χ0) is 27.9. The van der Waals surface area contributed by atoms with Crippen molar-refractivity contribution >= 4 is 40.4 Å². The Labute approximate surface area is 235 Å². The number of H-pyrrole nitrogens is 1. The molecule has 6 nitrogen and oxygen atoms in total. The molecule has 1 aromatic heterocycles. The van der Waals surface area contributed by atoms with E-state index in [0.717, 1.165) is 24.3 Å². The van der Waals surface area contributed by atoms with Gasteiger partial charge in [-0.15, -0.1) is 11.8 Å². The first-order chi connectivity index (χ1) is 19.3. The van der Waals surface area contributed by atoms with Gasteiger partial charge in [0.25, 0.3) is 5.92 Å². The van der Waals surface area contributed by atoms with Crippen LogP contribution in [-0.4, -0.2) is 45.1 Å². The minimum atomic E-state index is -2.91. The molecule has 3 aliphatic rings. The molecule has 3 heterocycles. The molecule has 1 N–H and O–H groups in total. The maximum Gasteiger partial charge on any atom is 0.273 e. The minimum Gasteiger partial charge on any atom is -0.341 e. The average molecular weight is 566 g/mol. The molecule has 2 aromatic carbocycles. The molecule has 40 heavy (non-hydrogen) atoms. The highest BCUT2D eigenvalue weighted by Gasteiger charge is 2.42. The van der Waals surface area contributed by atoms with E-state index >= 15 is 0 Å². The predicted molar refractivity (Wildman–Crippen MR) is 153 cm³/mol. The Bertz CT molecular complexity index is 1530. The molecule has 3 aromatic rings. The van der Waals surface area contributed by atoms with Gasteiger partial charge in [0.1, 0.15) is 5.82 Å². The van der Waals surface area contributed by atoms with E-state index in [1.165, 1.54) is 36.9 Å². The molecule has 208 valence electrons. The number of rotatable bonds is 7. The number of hydrogen-bond donors (Lipinski definition) is 1. The smallest absolute Gasteiger partial charge is 0.273 e. The van der Waals surface area contributed by atoms with E-state index in [0.29, 0.717) is 47.8 Å². The van der Waals surface area contributed by atoms with Crippen molar-refractivity contribution in [2.24, 2.45) is 10.9 Å². The number of imidazole rings is 1. The van der Waals surface area contributed by atoms with Crippen LogP contribution in [0.4, 0.5) is 19.1 Å². The number of allylic oxidation sites excluding steroid dienone is 4. The number of fused-ring (bicyclic) bond motifs is 2. The van der Waals surface area contributed by atoms with Crippen molar-refractivity contribution in [1.29, 1.82) is 0 Å². The quantitative estimate of drug-likeness (QED) is 0.344. The van der Waals surface area contributed by atoms with E-state index in [1.807, 2.05) is 23.1 Å². The van der Waals surface area contributed by atoms with Crippen molar-refractivity contribution in [3.63, 3.8) is 0 Å². The molecule has 2 unspecified atom stereocenters. The standard InChI is InChI=1S/C30H30F3N5OS/c1-2-30(32,33)20-12-13-25-26(16-20)35-28(34-25)37-15-14-24-22(17-37)27(39)38(21-9-4-3-5-10-21)29(36-24)40-18-19-8-6-7-11-23(19)31/h3-4,6-9,11-13,16,22,29H,2,5,10,14-15,17-18H2,1H3,(H,34,35). The fraction of sp³-hybridized carbons (Fsp3) is 0.367. The van der Waals surface area contributed by atoms with Gasteiger partial charge in [-0.1, -0.05) is 43.3 Å². The van der Waals surface area contributed by atoms with Gasteiger partial charge in [0.2, 0.25) is 11.9 Å². The zero-order valence-corrected chi connectivity index (χ0v) is 22.9. The molecule has 2 aliphatic heterocycles. The van der Waals surface area contributed by atoms with Gasteiger partial charge in [-0.05, 0) is 42.7 Å². The highest BCUT2D eigenvalue weighted by atomic mass is 32.2. The van der Waals surface area contributed by atoms with Crippen LogP contribution in [0.5, 0.6) is 0 Å². The normalized spacial score (nSPS) is 21.4. The van der Waals surface area contributed by atoms with E-state index < -0.39 is 17.3 Å². The molecule has 6 rings (SSSR count). The van der Waals surface area contributed by atoms with Crippen molar-refractivity contribution in [2.75, 3.05) is 18.0 Å². The number of amides is 1. The third-order valence-corrected chi connectivity index (χ3v) is 8.85. The van der Waals surface area contributed by atoms with Crippen LogP contribution < -0.4 is 4.90 Å². The molecule has 0 saturated carbocycles. The van der Waals surface area contributed by atoms with Gasteiger partial charge in [-0.2, -0.15) is 0 Å². The maximum atomic E-state index is 14.3. The summed E-state index contributed by atoms with van der Waals surface area (Å²) in [7, 11) is 0. The topological polar surface area (TPSA) is 64.6 Å². The number of hydrogen-bond acceptors (Lipinski definition) is 5. The largest absolute Gasteiger partial charge is 0.341 e. The third kappa shape index (κ3) is 5.05. The van der Waals surface area contributed by atoms with Gasteiger partial charge in [0.05, 0.1) is 17.0 Å². The number of piperidine rings is 1. The van der Waals surface area contributed by atoms with Crippen LogP contribution in [0.25, 0.3) is 11.0 Å². The Morgan fingerprint density at radius 3 is 2.80 bits per heavy atom. The fourth-order valence-corrected chi connectivity index (χ4v) is 6.59. The second-order valence-electron chi connectivity index (χ2n) is 10.3. The second-order valence-corrected chi connectivity index (χ2v) is 11.3. The number of aliphatic imine (C=N–C) groups is 1. The lowest BCUT2D eigenvalue weighted by atomic mass is 9.92. The Morgan fingerprint density at radius 1 is 1.18 bits per heavy atom. The summed E-state index contributed by atoms with van der Waals surface area (Å²) in [5, 5.41) is 0. The Morgan fingerprint density at radius 2 is 2.02 bits per heavy atom. The third-order valence-electron chi connectivity index (χ3n) is 7.76. The highest BCUT2D eigenvalue weighted by Crippen LogP contribution is 2.37. The van der Waals surface area contributed by atoms with Gasteiger partial charge < -0.3 is 9.88 Å². The van der Waals surface area contributed by atoms with E-state index in [-0.39, 0.29) is 23.7 Å². The molecule has 0 radical (unpaired) electrons. The first-order valence-corrected chi connectivity index (χ1v) is 14.6. The van der Waals surface area contributed by atoms with Gasteiger partial charge in [0, 0.05) is 48.7 Å². The predicted octanol–water partition coefficient (Wildman–Crippen LogP) is 6.76. The van der Waals surface area contributed by atoms with Crippen molar-refractivity contribution in [3.05, 3.63) is 83.3 Å². The summed E-state index contributed by atoms with van der Waals surface area (Å²) >= 11 is 1.45. The molecule has 0 spiro atoms. The molecule has 0 bridgehead atoms. The van der Waals surface area contributed by atoms with Crippen molar-refractivity contribution in [2.45, 2.75) is 49.8 Å². The number of carbonyl (C=O) groups excluding carboxylic acids is 1. The first kappa shape index (κ1) is 26.7. The molecular formula is C30H30F3N5OS. The van der Waals surface area contributed by atoms with Gasteiger partial charge in [-0.3, -0.25) is 14.7 Å². The zero-order valence-electron chi connectivity index (χ0n) is 22.1. The maximum absolute atomic E-state index is 14.3. The van der Waals surface area contributed by atoms with E-state index in [4.69, 9.17) is 4.99 Å². The lowest BCUT2D eigenvalue weighted by molar-refractivity contribution is -0.132. The van der Waals surface area contributed by atoms with Crippen molar-refractivity contribution in [3.8, 4) is 0 Å². The fourth-order valence-electron chi connectivity index (χ4n) is 5.43. The summed E-state index contributed by atoms with van der Waals surface area (Å²) in [4.78, 5) is 30.7. The second kappa shape index (κ2) is 10.8. The summed E-state index contributed by atoms with van der Waals surface area (Å²) in [5.41, 5.74) is 2.97. The molecule has 2 atom stereocenters. The van der Waals surface area contributed by atoms with Crippen LogP contribution in [-0.2, 0) is 16.5 Å². The molecule has 1 amide bonds. The van der Waals surface area contributed by atoms with Crippen molar-refractivity contribution in [1.82, 2.24) is 14.9 Å². The van der Waals surface area contributed by atoms with E-state index in [2.05, 4.69) is 16.0 Å². The molecule has 10 heteroatoms. The highest BCUT2D eigenvalue weighted by molar-refractivity contribution is 7.99.